The van der Waals surface area contributed by atoms with Gasteiger partial charge in [0.2, 0.25) is 0 Å². The van der Waals surface area contributed by atoms with Gasteiger partial charge in [-0.15, -0.1) is 11.3 Å². The summed E-state index contributed by atoms with van der Waals surface area (Å²) < 4.78 is 5.86. The first-order chi connectivity index (χ1) is 12.6. The van der Waals surface area contributed by atoms with Gasteiger partial charge in [0.25, 0.3) is 0 Å². The summed E-state index contributed by atoms with van der Waals surface area (Å²) in [7, 11) is 0. The summed E-state index contributed by atoms with van der Waals surface area (Å²) in [4.78, 5) is 28.5. The van der Waals surface area contributed by atoms with Crippen molar-refractivity contribution in [1.29, 1.82) is 0 Å². The highest BCUT2D eigenvalue weighted by molar-refractivity contribution is 7.15. The molecule has 2 aromatic rings. The first-order valence-corrected chi connectivity index (χ1v) is 10.4. The van der Waals surface area contributed by atoms with Crippen LogP contribution in [-0.2, 0) is 20.7 Å². The summed E-state index contributed by atoms with van der Waals surface area (Å²) in [5, 5.41) is 0.700. The van der Waals surface area contributed by atoms with Crippen LogP contribution in [0, 0.1) is 11.8 Å². The van der Waals surface area contributed by atoms with E-state index in [9.17, 15) is 9.59 Å². The van der Waals surface area contributed by atoms with Crippen molar-refractivity contribution in [3.8, 4) is 10.4 Å². The molecule has 1 aromatic carbocycles. The molecule has 3 nitrogen and oxygen atoms in total. The molecule has 1 saturated carbocycles. The average Bonchev–Trinajstić information content (AvgIpc) is 3.39. The number of Topliss-reactive ketones (excluding diaryl/α,β-unsaturated/α-hetero) is 2. The maximum Gasteiger partial charge on any atom is 0.154 e. The normalized spacial score (nSPS) is 32.5. The third-order valence-electron chi connectivity index (χ3n) is 6.10. The van der Waals surface area contributed by atoms with Crippen molar-refractivity contribution in [1.82, 2.24) is 0 Å². The highest BCUT2D eigenvalue weighted by atomic mass is 35.5. The molecule has 0 spiro atoms. The third kappa shape index (κ3) is 2.29. The van der Waals surface area contributed by atoms with Crippen molar-refractivity contribution in [2.45, 2.75) is 44.3 Å². The smallest absolute Gasteiger partial charge is 0.154 e. The maximum atomic E-state index is 13.1. The van der Waals surface area contributed by atoms with E-state index in [2.05, 4.69) is 13.0 Å². The highest BCUT2D eigenvalue weighted by Crippen LogP contribution is 2.53. The molecule has 0 amide bonds. The molecule has 5 atom stereocenters. The fraction of sp³-hybridized carbons (Fsp3) is 0.429. The number of ether oxygens (including phenoxy) is 1. The minimum Gasteiger partial charge on any atom is -0.373 e. The quantitative estimate of drug-likeness (QED) is 0.720. The van der Waals surface area contributed by atoms with E-state index in [0.717, 1.165) is 40.1 Å². The number of aryl methyl sites for hydroxylation is 1. The van der Waals surface area contributed by atoms with Crippen molar-refractivity contribution in [3.05, 3.63) is 45.8 Å². The van der Waals surface area contributed by atoms with Crippen molar-refractivity contribution in [2.75, 3.05) is 0 Å². The molecule has 5 rings (SSSR count). The number of benzene rings is 1. The number of hydrogen-bond donors (Lipinski definition) is 0. The molecule has 3 heterocycles. The lowest BCUT2D eigenvalue weighted by Crippen LogP contribution is -2.29. The zero-order valence-corrected chi connectivity index (χ0v) is 16.0. The Bertz CT molecular complexity index is 872. The van der Waals surface area contributed by atoms with E-state index in [0.29, 0.717) is 5.02 Å². The molecule has 1 aromatic heterocycles. The summed E-state index contributed by atoms with van der Waals surface area (Å²) >= 11 is 7.67. The van der Waals surface area contributed by atoms with Crippen LogP contribution in [-0.4, -0.2) is 23.8 Å². The second-order valence-corrected chi connectivity index (χ2v) is 9.00. The van der Waals surface area contributed by atoms with Crippen LogP contribution in [0.4, 0.5) is 0 Å². The van der Waals surface area contributed by atoms with Gasteiger partial charge in [0, 0.05) is 14.8 Å². The molecule has 134 valence electrons. The molecule has 0 radical (unpaired) electrons. The van der Waals surface area contributed by atoms with Gasteiger partial charge in [0.05, 0.1) is 24.0 Å². The molecule has 2 saturated heterocycles. The van der Waals surface area contributed by atoms with Crippen LogP contribution in [0.5, 0.6) is 0 Å². The molecule has 3 fully saturated rings. The Morgan fingerprint density at radius 3 is 2.27 bits per heavy atom. The molecule has 2 aliphatic heterocycles. The summed E-state index contributed by atoms with van der Waals surface area (Å²) in [6.07, 6.45) is 2.58. The van der Waals surface area contributed by atoms with Crippen molar-refractivity contribution in [2.24, 2.45) is 11.8 Å². The Balaban J connectivity index is 1.55. The Labute approximate surface area is 161 Å². The number of carbonyl (C=O) groups excluding carboxylic acids is 2. The molecule has 1 aliphatic carbocycles. The Hall–Kier alpha value is -1.49. The van der Waals surface area contributed by atoms with Gasteiger partial charge < -0.3 is 4.74 Å². The second-order valence-electron chi connectivity index (χ2n) is 7.43. The number of ketones is 2. The zero-order chi connectivity index (χ0) is 18.0. The Morgan fingerprint density at radius 1 is 1.08 bits per heavy atom. The fourth-order valence-electron chi connectivity index (χ4n) is 4.95. The maximum absolute atomic E-state index is 13.1. The Morgan fingerprint density at radius 2 is 1.69 bits per heavy atom. The van der Waals surface area contributed by atoms with Gasteiger partial charge in [-0.3, -0.25) is 9.59 Å². The predicted octanol–water partition coefficient (Wildman–Crippen LogP) is 4.66. The van der Waals surface area contributed by atoms with E-state index in [4.69, 9.17) is 16.3 Å². The van der Waals surface area contributed by atoms with E-state index in [1.165, 1.54) is 0 Å². The second kappa shape index (κ2) is 6.01. The lowest BCUT2D eigenvalue weighted by Gasteiger charge is -2.16. The minimum absolute atomic E-state index is 0.0362. The van der Waals surface area contributed by atoms with Gasteiger partial charge >= 0.3 is 0 Å². The number of hydrogen-bond acceptors (Lipinski definition) is 4. The molecule has 0 N–H and O–H groups in total. The summed E-state index contributed by atoms with van der Waals surface area (Å²) in [6, 6.07) is 9.76. The number of rotatable bonds is 3. The highest BCUT2D eigenvalue weighted by Gasteiger charge is 2.63. The molecular weight excluding hydrogens is 368 g/mol. The number of thiophene rings is 1. The number of fused-ring (bicyclic) bond motifs is 5. The van der Waals surface area contributed by atoms with Gasteiger partial charge in [0.1, 0.15) is 5.92 Å². The Kier molecular flexibility index (Phi) is 3.85. The van der Waals surface area contributed by atoms with Crippen LogP contribution in [0.3, 0.4) is 0 Å². The minimum atomic E-state index is -0.593. The largest absolute Gasteiger partial charge is 0.373 e. The van der Waals surface area contributed by atoms with Gasteiger partial charge in [-0.05, 0) is 48.6 Å². The van der Waals surface area contributed by atoms with Gasteiger partial charge in [-0.25, -0.2) is 0 Å². The fourth-order valence-corrected chi connectivity index (χ4v) is 6.22. The van der Waals surface area contributed by atoms with Crippen LogP contribution in [0.1, 0.15) is 36.1 Å². The third-order valence-corrected chi connectivity index (χ3v) is 7.70. The summed E-state index contributed by atoms with van der Waals surface area (Å²) in [5.41, 5.74) is 1.99. The lowest BCUT2D eigenvalue weighted by molar-refractivity contribution is -0.127. The van der Waals surface area contributed by atoms with Crippen LogP contribution in [0.15, 0.2) is 30.3 Å². The van der Waals surface area contributed by atoms with Gasteiger partial charge in [-0.2, -0.15) is 0 Å². The van der Waals surface area contributed by atoms with E-state index in [-0.39, 0.29) is 35.6 Å². The van der Waals surface area contributed by atoms with E-state index >= 15 is 0 Å². The number of halogens is 1. The van der Waals surface area contributed by atoms with Gasteiger partial charge in [-0.1, -0.05) is 30.7 Å². The van der Waals surface area contributed by atoms with Crippen molar-refractivity contribution >= 4 is 34.5 Å². The topological polar surface area (TPSA) is 43.4 Å². The van der Waals surface area contributed by atoms with Crippen LogP contribution in [0.2, 0.25) is 5.02 Å². The standard InChI is InChI=1S/C21H19ClO3S/c1-2-15-12(9-16(26-15)10-3-5-11(22)6-4-10)17-20(23)18-13-7-8-14(25-13)19(18)21(17)24/h3-6,9,13-14,17-19H,2,7-8H2,1H3/t13-,14+,17?,18-,19+. The summed E-state index contributed by atoms with van der Waals surface area (Å²) in [6.45, 7) is 2.08. The predicted molar refractivity (Wildman–Crippen MR) is 102 cm³/mol. The van der Waals surface area contributed by atoms with E-state index in [1.54, 1.807) is 11.3 Å². The molecule has 3 aliphatic rings. The first-order valence-electron chi connectivity index (χ1n) is 9.20. The molecule has 5 heteroatoms. The molecule has 26 heavy (non-hydrogen) atoms. The van der Waals surface area contributed by atoms with Gasteiger partial charge in [0.15, 0.2) is 11.6 Å². The van der Waals surface area contributed by atoms with E-state index < -0.39 is 5.92 Å². The average molecular weight is 387 g/mol. The van der Waals surface area contributed by atoms with Crippen molar-refractivity contribution in [3.63, 3.8) is 0 Å². The van der Waals surface area contributed by atoms with Crippen LogP contribution < -0.4 is 0 Å². The number of carbonyl (C=O) groups is 2. The first kappa shape index (κ1) is 16.7. The molecular formula is C21H19ClO3S. The molecule has 1 unspecified atom stereocenters. The zero-order valence-electron chi connectivity index (χ0n) is 14.4. The monoisotopic (exact) mass is 386 g/mol. The molecule has 2 bridgehead atoms. The van der Waals surface area contributed by atoms with E-state index in [1.807, 2.05) is 24.3 Å². The van der Waals surface area contributed by atoms with Crippen LogP contribution >= 0.6 is 22.9 Å². The SMILES string of the molecule is CCc1sc(-c2ccc(Cl)cc2)cc1C1C(=O)[C@@H]2[C@H](C1=O)[C@H]1CC[C@@H]2O1. The van der Waals surface area contributed by atoms with Crippen molar-refractivity contribution < 1.29 is 14.3 Å². The lowest BCUT2D eigenvalue weighted by atomic mass is 9.81. The van der Waals surface area contributed by atoms with Crippen LogP contribution in [0.25, 0.3) is 10.4 Å². The summed E-state index contributed by atoms with van der Waals surface area (Å²) in [5.74, 6) is -0.848.